The van der Waals surface area contributed by atoms with Crippen LogP contribution in [0.15, 0.2) is 18.2 Å². The number of hydrogen-bond donors (Lipinski definition) is 1. The Morgan fingerprint density at radius 2 is 1.87 bits per heavy atom. The molecule has 15 heavy (non-hydrogen) atoms. The summed E-state index contributed by atoms with van der Waals surface area (Å²) in [4.78, 5) is 0. The molecule has 3 heteroatoms. The van der Waals surface area contributed by atoms with Crippen LogP contribution in [-0.2, 0) is 0 Å². The molecular weight excluding hydrogens is 229 g/mol. The van der Waals surface area contributed by atoms with Gasteiger partial charge in [-0.3, -0.25) is 0 Å². The minimum atomic E-state index is 0.301. The second kappa shape index (κ2) is 5.74. The van der Waals surface area contributed by atoms with E-state index < -0.39 is 0 Å². The number of nitrogens with one attached hydrogen (secondary N) is 1. The molecule has 1 N–H and O–H groups in total. The zero-order chi connectivity index (χ0) is 11.4. The van der Waals surface area contributed by atoms with E-state index in [9.17, 15) is 0 Å². The molecule has 0 spiro atoms. The van der Waals surface area contributed by atoms with Gasteiger partial charge in [0.15, 0.2) is 0 Å². The van der Waals surface area contributed by atoms with Crippen LogP contribution in [0.25, 0.3) is 0 Å². The van der Waals surface area contributed by atoms with Crippen LogP contribution >= 0.6 is 23.2 Å². The molecule has 0 bridgehead atoms. The van der Waals surface area contributed by atoms with Crippen LogP contribution in [0.2, 0.25) is 10.0 Å². The molecule has 0 amide bonds. The lowest BCUT2D eigenvalue weighted by Crippen LogP contribution is -2.28. The predicted molar refractivity (Wildman–Crippen MR) is 67.8 cm³/mol. The third-order valence-electron chi connectivity index (χ3n) is 2.59. The molecule has 0 aliphatic heterocycles. The topological polar surface area (TPSA) is 12.0 Å². The Morgan fingerprint density at radius 1 is 1.20 bits per heavy atom. The Bertz CT molecular complexity index is 325. The van der Waals surface area contributed by atoms with Crippen LogP contribution in [0, 0.1) is 0 Å². The number of benzene rings is 1. The van der Waals surface area contributed by atoms with Crippen molar-refractivity contribution in [2.24, 2.45) is 0 Å². The van der Waals surface area contributed by atoms with Gasteiger partial charge in [-0.1, -0.05) is 36.2 Å². The smallest absolute Gasteiger partial charge is 0.0595 e. The molecular formula is C12H17Cl2N. The van der Waals surface area contributed by atoms with E-state index in [2.05, 4.69) is 26.1 Å². The lowest BCUT2D eigenvalue weighted by molar-refractivity contribution is 0.469. The molecule has 1 rings (SSSR count). The molecule has 1 aromatic rings. The van der Waals surface area contributed by atoms with E-state index >= 15 is 0 Å². The molecule has 0 heterocycles. The van der Waals surface area contributed by atoms with Gasteiger partial charge in [-0.25, -0.2) is 0 Å². The minimum absolute atomic E-state index is 0.301. The van der Waals surface area contributed by atoms with E-state index in [4.69, 9.17) is 23.2 Å². The standard InChI is InChI=1S/C12H17Cl2N/c1-4-8(2)15-9(3)10-5-6-11(13)12(14)7-10/h5-9,15H,4H2,1-3H3/t8-,9-/m1/s1. The highest BCUT2D eigenvalue weighted by Gasteiger charge is 2.09. The minimum Gasteiger partial charge on any atom is -0.308 e. The average molecular weight is 246 g/mol. The van der Waals surface area contributed by atoms with Gasteiger partial charge >= 0.3 is 0 Å². The maximum atomic E-state index is 5.97. The highest BCUT2D eigenvalue weighted by Crippen LogP contribution is 2.25. The summed E-state index contributed by atoms with van der Waals surface area (Å²) < 4.78 is 0. The van der Waals surface area contributed by atoms with Gasteiger partial charge in [-0.15, -0.1) is 0 Å². The Kier molecular flexibility index (Phi) is 4.91. The van der Waals surface area contributed by atoms with Gasteiger partial charge in [0.1, 0.15) is 0 Å². The van der Waals surface area contributed by atoms with Gasteiger partial charge in [0.05, 0.1) is 10.0 Å². The second-order valence-corrected chi connectivity index (χ2v) is 4.69. The van der Waals surface area contributed by atoms with Crippen molar-refractivity contribution in [3.63, 3.8) is 0 Å². The summed E-state index contributed by atoms with van der Waals surface area (Å²) in [6, 6.07) is 6.58. The van der Waals surface area contributed by atoms with Crippen molar-refractivity contribution in [1.82, 2.24) is 5.32 Å². The van der Waals surface area contributed by atoms with Crippen molar-refractivity contribution in [1.29, 1.82) is 0 Å². The lowest BCUT2D eigenvalue weighted by Gasteiger charge is -2.19. The maximum absolute atomic E-state index is 5.97. The summed E-state index contributed by atoms with van der Waals surface area (Å²) in [5.41, 5.74) is 1.17. The highest BCUT2D eigenvalue weighted by atomic mass is 35.5. The number of hydrogen-bond acceptors (Lipinski definition) is 1. The van der Waals surface area contributed by atoms with E-state index in [-0.39, 0.29) is 0 Å². The Hall–Kier alpha value is -0.240. The van der Waals surface area contributed by atoms with Crippen molar-refractivity contribution in [2.75, 3.05) is 0 Å². The van der Waals surface area contributed by atoms with Gasteiger partial charge in [0, 0.05) is 12.1 Å². The summed E-state index contributed by atoms with van der Waals surface area (Å²) in [7, 11) is 0. The van der Waals surface area contributed by atoms with Gasteiger partial charge in [0.25, 0.3) is 0 Å². The highest BCUT2D eigenvalue weighted by molar-refractivity contribution is 6.42. The van der Waals surface area contributed by atoms with E-state index in [1.807, 2.05) is 18.2 Å². The molecule has 84 valence electrons. The molecule has 0 aliphatic rings. The van der Waals surface area contributed by atoms with Crippen molar-refractivity contribution in [2.45, 2.75) is 39.3 Å². The normalized spacial score (nSPS) is 15.0. The third kappa shape index (κ3) is 3.67. The zero-order valence-electron chi connectivity index (χ0n) is 9.35. The molecule has 0 radical (unpaired) electrons. The van der Waals surface area contributed by atoms with Crippen molar-refractivity contribution >= 4 is 23.2 Å². The molecule has 2 atom stereocenters. The predicted octanol–water partition coefficient (Wildman–Crippen LogP) is 4.44. The first kappa shape index (κ1) is 12.8. The number of rotatable bonds is 4. The summed E-state index contributed by atoms with van der Waals surface area (Å²) in [6.07, 6.45) is 1.12. The molecule has 0 aliphatic carbocycles. The first-order valence-corrected chi connectivity index (χ1v) is 6.01. The molecule has 0 saturated carbocycles. The molecule has 1 aromatic carbocycles. The Labute approximate surface area is 102 Å². The van der Waals surface area contributed by atoms with Crippen LogP contribution in [0.3, 0.4) is 0 Å². The van der Waals surface area contributed by atoms with E-state index in [1.54, 1.807) is 0 Å². The Morgan fingerprint density at radius 3 is 2.40 bits per heavy atom. The van der Waals surface area contributed by atoms with Crippen molar-refractivity contribution < 1.29 is 0 Å². The molecule has 0 unspecified atom stereocenters. The molecule has 0 saturated heterocycles. The quantitative estimate of drug-likeness (QED) is 0.827. The van der Waals surface area contributed by atoms with Gasteiger partial charge in [0.2, 0.25) is 0 Å². The average Bonchev–Trinajstić information content (AvgIpc) is 2.21. The second-order valence-electron chi connectivity index (χ2n) is 3.87. The number of halogens is 2. The summed E-state index contributed by atoms with van der Waals surface area (Å²) >= 11 is 11.8. The van der Waals surface area contributed by atoms with Crippen LogP contribution in [0.1, 0.15) is 38.8 Å². The van der Waals surface area contributed by atoms with Crippen LogP contribution < -0.4 is 5.32 Å². The first-order chi connectivity index (χ1) is 7.04. The zero-order valence-corrected chi connectivity index (χ0v) is 10.9. The van der Waals surface area contributed by atoms with Crippen LogP contribution in [-0.4, -0.2) is 6.04 Å². The molecule has 0 aromatic heterocycles. The summed E-state index contributed by atoms with van der Waals surface area (Å²) in [5.74, 6) is 0. The van der Waals surface area contributed by atoms with Crippen LogP contribution in [0.5, 0.6) is 0 Å². The SMILES string of the molecule is CC[C@@H](C)N[C@H](C)c1ccc(Cl)c(Cl)c1. The van der Waals surface area contributed by atoms with Crippen molar-refractivity contribution in [3.05, 3.63) is 33.8 Å². The maximum Gasteiger partial charge on any atom is 0.0595 e. The summed E-state index contributed by atoms with van der Waals surface area (Å²) in [5, 5.41) is 4.72. The first-order valence-electron chi connectivity index (χ1n) is 5.25. The fourth-order valence-electron chi connectivity index (χ4n) is 1.42. The van der Waals surface area contributed by atoms with Gasteiger partial charge in [-0.2, -0.15) is 0 Å². The molecule has 0 fully saturated rings. The fourth-order valence-corrected chi connectivity index (χ4v) is 1.73. The monoisotopic (exact) mass is 245 g/mol. The Balaban J connectivity index is 2.73. The largest absolute Gasteiger partial charge is 0.308 e. The lowest BCUT2D eigenvalue weighted by atomic mass is 10.1. The molecule has 1 nitrogen and oxygen atoms in total. The fraction of sp³-hybridized carbons (Fsp3) is 0.500. The summed E-state index contributed by atoms with van der Waals surface area (Å²) in [6.45, 7) is 6.47. The van der Waals surface area contributed by atoms with Gasteiger partial charge in [-0.05, 0) is 38.0 Å². The third-order valence-corrected chi connectivity index (χ3v) is 3.33. The van der Waals surface area contributed by atoms with Crippen LogP contribution in [0.4, 0.5) is 0 Å². The van der Waals surface area contributed by atoms with Crippen molar-refractivity contribution in [3.8, 4) is 0 Å². The van der Waals surface area contributed by atoms with E-state index in [0.29, 0.717) is 22.1 Å². The van der Waals surface area contributed by atoms with E-state index in [0.717, 1.165) is 6.42 Å². The van der Waals surface area contributed by atoms with Gasteiger partial charge < -0.3 is 5.32 Å². The van der Waals surface area contributed by atoms with E-state index in [1.165, 1.54) is 5.56 Å².